The summed E-state index contributed by atoms with van der Waals surface area (Å²) in [5.41, 5.74) is 1.54. The molecule has 0 aliphatic carbocycles. The highest BCUT2D eigenvalue weighted by Gasteiger charge is 2.10. The minimum absolute atomic E-state index is 0.652. The number of nitrogens with zero attached hydrogens (tertiary/aromatic N) is 1. The van der Waals surface area contributed by atoms with Crippen LogP contribution in [0, 0.1) is 0 Å². The number of rotatable bonds is 0. The third-order valence-electron chi connectivity index (χ3n) is 2.08. The van der Waals surface area contributed by atoms with Gasteiger partial charge in [-0.2, -0.15) is 0 Å². The SMILES string of the molecule is CC1=CC(C)N(C)CC1. The van der Waals surface area contributed by atoms with E-state index < -0.39 is 0 Å². The van der Waals surface area contributed by atoms with Gasteiger partial charge in [0, 0.05) is 12.6 Å². The van der Waals surface area contributed by atoms with Crippen LogP contribution in [0.4, 0.5) is 0 Å². The molecular formula is C8H15N. The highest BCUT2D eigenvalue weighted by molar-refractivity contribution is 5.07. The molecular weight excluding hydrogens is 110 g/mol. The van der Waals surface area contributed by atoms with Crippen molar-refractivity contribution in [1.29, 1.82) is 0 Å². The predicted molar refractivity (Wildman–Crippen MR) is 40.5 cm³/mol. The van der Waals surface area contributed by atoms with E-state index >= 15 is 0 Å². The Bertz CT molecular complexity index is 127. The summed E-state index contributed by atoms with van der Waals surface area (Å²) in [7, 11) is 2.17. The van der Waals surface area contributed by atoms with Gasteiger partial charge < -0.3 is 0 Å². The topological polar surface area (TPSA) is 3.24 Å². The third kappa shape index (κ3) is 1.55. The van der Waals surface area contributed by atoms with E-state index in [9.17, 15) is 0 Å². The highest BCUT2D eigenvalue weighted by atomic mass is 15.1. The number of hydrogen-bond acceptors (Lipinski definition) is 1. The summed E-state index contributed by atoms with van der Waals surface area (Å²) in [6.45, 7) is 5.68. The zero-order chi connectivity index (χ0) is 6.85. The molecule has 52 valence electrons. The fourth-order valence-corrected chi connectivity index (χ4v) is 1.18. The quantitative estimate of drug-likeness (QED) is 0.445. The number of hydrogen-bond donors (Lipinski definition) is 0. The third-order valence-corrected chi connectivity index (χ3v) is 2.08. The van der Waals surface area contributed by atoms with Gasteiger partial charge in [-0.25, -0.2) is 0 Å². The average molecular weight is 125 g/mol. The summed E-state index contributed by atoms with van der Waals surface area (Å²) >= 11 is 0. The van der Waals surface area contributed by atoms with Gasteiger partial charge in [0.15, 0.2) is 0 Å². The molecule has 1 nitrogen and oxygen atoms in total. The average Bonchev–Trinajstić information content (AvgIpc) is 1.80. The van der Waals surface area contributed by atoms with Crippen molar-refractivity contribution < 1.29 is 0 Å². The maximum absolute atomic E-state index is 2.37. The van der Waals surface area contributed by atoms with Gasteiger partial charge in [-0.05, 0) is 27.3 Å². The maximum Gasteiger partial charge on any atom is 0.0249 e. The van der Waals surface area contributed by atoms with E-state index in [0.29, 0.717) is 6.04 Å². The van der Waals surface area contributed by atoms with Crippen molar-refractivity contribution in [1.82, 2.24) is 4.90 Å². The van der Waals surface area contributed by atoms with Crippen LogP contribution in [0.25, 0.3) is 0 Å². The fraction of sp³-hybridized carbons (Fsp3) is 0.750. The minimum Gasteiger partial charge on any atom is -0.300 e. The molecule has 0 N–H and O–H groups in total. The first-order valence-electron chi connectivity index (χ1n) is 3.57. The van der Waals surface area contributed by atoms with Gasteiger partial charge in [-0.1, -0.05) is 11.6 Å². The van der Waals surface area contributed by atoms with Crippen molar-refractivity contribution in [3.63, 3.8) is 0 Å². The molecule has 1 aliphatic heterocycles. The Hall–Kier alpha value is -0.300. The summed E-state index contributed by atoms with van der Waals surface area (Å²) in [6.07, 6.45) is 3.59. The lowest BCUT2D eigenvalue weighted by Crippen LogP contribution is -2.31. The summed E-state index contributed by atoms with van der Waals surface area (Å²) < 4.78 is 0. The first kappa shape index (κ1) is 6.81. The molecule has 1 unspecified atom stereocenters. The lowest BCUT2D eigenvalue weighted by molar-refractivity contribution is 0.285. The zero-order valence-electron chi connectivity index (χ0n) is 6.52. The Morgan fingerprint density at radius 2 is 2.33 bits per heavy atom. The Balaban J connectivity index is 2.58. The van der Waals surface area contributed by atoms with Crippen molar-refractivity contribution >= 4 is 0 Å². The molecule has 0 amide bonds. The molecule has 0 aromatic heterocycles. The molecule has 0 saturated heterocycles. The van der Waals surface area contributed by atoms with Gasteiger partial charge >= 0.3 is 0 Å². The van der Waals surface area contributed by atoms with E-state index in [1.165, 1.54) is 13.0 Å². The molecule has 1 rings (SSSR count). The van der Waals surface area contributed by atoms with E-state index in [0.717, 1.165) is 0 Å². The second-order valence-electron chi connectivity index (χ2n) is 2.98. The van der Waals surface area contributed by atoms with Crippen LogP contribution in [0.2, 0.25) is 0 Å². The highest BCUT2D eigenvalue weighted by Crippen LogP contribution is 2.12. The van der Waals surface area contributed by atoms with Gasteiger partial charge in [0.05, 0.1) is 0 Å². The predicted octanol–water partition coefficient (Wildman–Crippen LogP) is 1.66. The molecule has 1 atom stereocenters. The molecule has 0 aromatic carbocycles. The molecule has 9 heavy (non-hydrogen) atoms. The maximum atomic E-state index is 2.37. The molecule has 0 bridgehead atoms. The summed E-state index contributed by atoms with van der Waals surface area (Å²) in [6, 6.07) is 0.652. The van der Waals surface area contributed by atoms with Gasteiger partial charge in [-0.15, -0.1) is 0 Å². The van der Waals surface area contributed by atoms with Crippen molar-refractivity contribution in [3.8, 4) is 0 Å². The van der Waals surface area contributed by atoms with Crippen LogP contribution < -0.4 is 0 Å². The molecule has 1 heteroatoms. The van der Waals surface area contributed by atoms with Gasteiger partial charge in [-0.3, -0.25) is 4.90 Å². The lowest BCUT2D eigenvalue weighted by atomic mass is 10.1. The first-order valence-corrected chi connectivity index (χ1v) is 3.57. The Morgan fingerprint density at radius 1 is 1.67 bits per heavy atom. The van der Waals surface area contributed by atoms with Crippen LogP contribution in [0.3, 0.4) is 0 Å². The minimum atomic E-state index is 0.652. The summed E-state index contributed by atoms with van der Waals surface area (Å²) in [4.78, 5) is 2.37. The Kier molecular flexibility index (Phi) is 1.91. The van der Waals surface area contributed by atoms with Crippen LogP contribution in [0.5, 0.6) is 0 Å². The molecule has 1 heterocycles. The van der Waals surface area contributed by atoms with Crippen LogP contribution in [0.1, 0.15) is 20.3 Å². The smallest absolute Gasteiger partial charge is 0.0249 e. The largest absolute Gasteiger partial charge is 0.300 e. The van der Waals surface area contributed by atoms with Gasteiger partial charge in [0.1, 0.15) is 0 Å². The normalized spacial score (nSPS) is 30.1. The molecule has 0 radical (unpaired) electrons. The van der Waals surface area contributed by atoms with E-state index in [4.69, 9.17) is 0 Å². The molecule has 0 aromatic rings. The van der Waals surface area contributed by atoms with Crippen molar-refractivity contribution in [2.45, 2.75) is 26.3 Å². The summed E-state index contributed by atoms with van der Waals surface area (Å²) in [5, 5.41) is 0. The molecule has 0 fully saturated rings. The van der Waals surface area contributed by atoms with Crippen molar-refractivity contribution in [2.75, 3.05) is 13.6 Å². The van der Waals surface area contributed by atoms with Crippen LogP contribution in [-0.2, 0) is 0 Å². The van der Waals surface area contributed by atoms with Crippen LogP contribution >= 0.6 is 0 Å². The van der Waals surface area contributed by atoms with Gasteiger partial charge in [0.2, 0.25) is 0 Å². The first-order chi connectivity index (χ1) is 4.20. The van der Waals surface area contributed by atoms with Crippen molar-refractivity contribution in [3.05, 3.63) is 11.6 Å². The monoisotopic (exact) mass is 125 g/mol. The zero-order valence-corrected chi connectivity index (χ0v) is 6.52. The Morgan fingerprint density at radius 3 is 2.78 bits per heavy atom. The second kappa shape index (κ2) is 2.53. The number of likely N-dealkylation sites (N-methyl/N-ethyl adjacent to an activating group) is 1. The van der Waals surface area contributed by atoms with E-state index in [2.05, 4.69) is 31.9 Å². The van der Waals surface area contributed by atoms with E-state index in [1.807, 2.05) is 0 Å². The molecule has 1 aliphatic rings. The van der Waals surface area contributed by atoms with Crippen LogP contribution in [0.15, 0.2) is 11.6 Å². The summed E-state index contributed by atoms with van der Waals surface area (Å²) in [5.74, 6) is 0. The lowest BCUT2D eigenvalue weighted by Gasteiger charge is -2.27. The van der Waals surface area contributed by atoms with E-state index in [-0.39, 0.29) is 0 Å². The van der Waals surface area contributed by atoms with Crippen molar-refractivity contribution in [2.24, 2.45) is 0 Å². The fourth-order valence-electron chi connectivity index (χ4n) is 1.18. The molecule has 0 spiro atoms. The Labute approximate surface area is 57.4 Å². The van der Waals surface area contributed by atoms with Crippen LogP contribution in [-0.4, -0.2) is 24.5 Å². The van der Waals surface area contributed by atoms with Gasteiger partial charge in [0.25, 0.3) is 0 Å². The second-order valence-corrected chi connectivity index (χ2v) is 2.98. The molecule has 0 saturated carbocycles. The standard InChI is InChI=1S/C8H15N/c1-7-4-5-9(3)8(2)6-7/h6,8H,4-5H2,1-3H3. The van der Waals surface area contributed by atoms with E-state index in [1.54, 1.807) is 5.57 Å².